The summed E-state index contributed by atoms with van der Waals surface area (Å²) in [6, 6.07) is 3.38. The van der Waals surface area contributed by atoms with E-state index in [-0.39, 0.29) is 18.8 Å². The molecule has 3 heterocycles. The Morgan fingerprint density at radius 1 is 1.44 bits per heavy atom. The first kappa shape index (κ1) is 24.7. The first-order valence-corrected chi connectivity index (χ1v) is 10.8. The molecular weight excluding hydrogens is 440 g/mol. The van der Waals surface area contributed by atoms with Gasteiger partial charge in [0.15, 0.2) is 11.5 Å². The lowest BCUT2D eigenvalue weighted by Gasteiger charge is -2.26. The number of carbonyl (C=O) groups excluding carboxylic acids is 3. The van der Waals surface area contributed by atoms with Gasteiger partial charge in [0.05, 0.1) is 18.8 Å². The lowest BCUT2D eigenvalue weighted by Crippen LogP contribution is -2.37. The Morgan fingerprint density at radius 3 is 2.88 bits per heavy atom. The third-order valence-electron chi connectivity index (χ3n) is 5.39. The minimum Gasteiger partial charge on any atom is -0.450 e. The molecule has 0 aliphatic carbocycles. The number of nitrogens with two attached hydrogens (primary N) is 1. The van der Waals surface area contributed by atoms with Gasteiger partial charge in [-0.25, -0.2) is 14.5 Å². The molecule has 0 radical (unpaired) electrons. The molecule has 2 aromatic heterocycles. The van der Waals surface area contributed by atoms with Gasteiger partial charge in [-0.15, -0.1) is 0 Å². The first-order chi connectivity index (χ1) is 16.1. The summed E-state index contributed by atoms with van der Waals surface area (Å²) in [7, 11) is 1.63. The second-order valence-electron chi connectivity index (χ2n) is 8.18. The molecule has 3 amide bonds. The molecule has 0 saturated heterocycles. The lowest BCUT2D eigenvalue weighted by atomic mass is 10.0. The average Bonchev–Trinajstić information content (AvgIpc) is 3.21. The second-order valence-corrected chi connectivity index (χ2v) is 8.18. The van der Waals surface area contributed by atoms with E-state index in [9.17, 15) is 19.5 Å². The van der Waals surface area contributed by atoms with E-state index >= 15 is 0 Å². The van der Waals surface area contributed by atoms with E-state index in [0.717, 1.165) is 5.69 Å². The zero-order valence-electron chi connectivity index (χ0n) is 19.4. The maximum absolute atomic E-state index is 12.2. The van der Waals surface area contributed by atoms with Crippen LogP contribution < -0.4 is 5.73 Å². The number of carbonyl (C=O) groups is 3. The molecule has 11 heteroatoms. The molecule has 0 unspecified atom stereocenters. The van der Waals surface area contributed by atoms with Crippen LogP contribution in [0.5, 0.6) is 0 Å². The van der Waals surface area contributed by atoms with Crippen molar-refractivity contribution in [3.8, 4) is 17.7 Å². The molecule has 2 aromatic rings. The zero-order chi connectivity index (χ0) is 24.9. The number of aromatic nitrogens is 3. The van der Waals surface area contributed by atoms with Gasteiger partial charge in [-0.2, -0.15) is 5.10 Å². The smallest absolute Gasteiger partial charge is 0.410 e. The Labute approximate surface area is 197 Å². The topological polar surface area (TPSA) is 144 Å². The van der Waals surface area contributed by atoms with Crippen LogP contribution in [0, 0.1) is 11.8 Å². The monoisotopic (exact) mass is 468 g/mol. The number of primary amides is 1. The van der Waals surface area contributed by atoms with E-state index in [1.165, 1.54) is 9.80 Å². The van der Waals surface area contributed by atoms with Crippen molar-refractivity contribution in [1.29, 1.82) is 0 Å². The molecule has 3 N–H and O–H groups in total. The highest BCUT2D eigenvalue weighted by Crippen LogP contribution is 2.25. The summed E-state index contributed by atoms with van der Waals surface area (Å²) in [5.41, 5.74) is 6.21. The minimum atomic E-state index is -1.29. The van der Waals surface area contributed by atoms with Crippen LogP contribution in [0.3, 0.4) is 0 Å². The van der Waals surface area contributed by atoms with Crippen LogP contribution in [0.15, 0.2) is 18.3 Å². The first-order valence-electron chi connectivity index (χ1n) is 10.8. The van der Waals surface area contributed by atoms with Crippen LogP contribution in [-0.4, -0.2) is 80.4 Å². The Balaban J connectivity index is 1.89. The van der Waals surface area contributed by atoms with Gasteiger partial charge in [-0.05, 0) is 26.0 Å². The van der Waals surface area contributed by atoms with Crippen LogP contribution >= 0.6 is 0 Å². The van der Waals surface area contributed by atoms with E-state index in [0.29, 0.717) is 49.3 Å². The average molecular weight is 469 g/mol. The third-order valence-corrected chi connectivity index (χ3v) is 5.39. The maximum Gasteiger partial charge on any atom is 0.410 e. The van der Waals surface area contributed by atoms with Crippen LogP contribution in [0.1, 0.15) is 47.6 Å². The number of hydrogen-bond acceptors (Lipinski definition) is 7. The van der Waals surface area contributed by atoms with Crippen molar-refractivity contribution in [2.24, 2.45) is 5.73 Å². The molecule has 1 aliphatic heterocycles. The maximum atomic E-state index is 12.2. The number of fused-ring (bicyclic) bond motifs is 1. The van der Waals surface area contributed by atoms with Gasteiger partial charge >= 0.3 is 6.09 Å². The molecule has 1 aliphatic rings. The Kier molecular flexibility index (Phi) is 7.53. The van der Waals surface area contributed by atoms with E-state index in [4.69, 9.17) is 10.5 Å². The molecule has 180 valence electrons. The molecule has 3 rings (SSSR count). The van der Waals surface area contributed by atoms with Crippen molar-refractivity contribution < 1.29 is 24.2 Å². The molecule has 1 atom stereocenters. The minimum absolute atomic E-state index is 0.0736. The second kappa shape index (κ2) is 10.4. The van der Waals surface area contributed by atoms with E-state index in [2.05, 4.69) is 21.9 Å². The summed E-state index contributed by atoms with van der Waals surface area (Å²) in [6.45, 7) is 4.48. The molecular formula is C23H28N6O5. The fourth-order valence-electron chi connectivity index (χ4n) is 3.51. The normalized spacial score (nSPS) is 14.3. The molecule has 0 spiro atoms. The summed E-state index contributed by atoms with van der Waals surface area (Å²) in [6.07, 6.45) is 2.51. The number of rotatable bonds is 7. The Morgan fingerprint density at radius 2 is 2.21 bits per heavy atom. The summed E-state index contributed by atoms with van der Waals surface area (Å²) < 4.78 is 6.61. The van der Waals surface area contributed by atoms with Crippen LogP contribution in [0.4, 0.5) is 4.79 Å². The predicted octanol–water partition coefficient (Wildman–Crippen LogP) is 0.462. The summed E-state index contributed by atoms with van der Waals surface area (Å²) in [4.78, 5) is 42.2. The van der Waals surface area contributed by atoms with Crippen LogP contribution in [-0.2, 0) is 22.5 Å². The molecule has 0 fully saturated rings. The largest absolute Gasteiger partial charge is 0.450 e. The zero-order valence-corrected chi connectivity index (χ0v) is 19.4. The van der Waals surface area contributed by atoms with Crippen molar-refractivity contribution in [1.82, 2.24) is 24.6 Å². The lowest BCUT2D eigenvalue weighted by molar-refractivity contribution is -0.117. The summed E-state index contributed by atoms with van der Waals surface area (Å²) in [5.74, 6) is 5.49. The number of amides is 3. The van der Waals surface area contributed by atoms with E-state index < -0.39 is 17.6 Å². The van der Waals surface area contributed by atoms with Crippen LogP contribution in [0.2, 0.25) is 0 Å². The molecule has 0 aromatic carbocycles. The van der Waals surface area contributed by atoms with Gasteiger partial charge in [0.2, 0.25) is 6.41 Å². The van der Waals surface area contributed by atoms with Crippen molar-refractivity contribution in [3.63, 3.8) is 0 Å². The quantitative estimate of drug-likeness (QED) is 0.444. The van der Waals surface area contributed by atoms with Crippen molar-refractivity contribution >= 4 is 18.4 Å². The van der Waals surface area contributed by atoms with Gasteiger partial charge in [0.1, 0.15) is 5.60 Å². The van der Waals surface area contributed by atoms with Crippen molar-refractivity contribution in [3.05, 3.63) is 40.8 Å². The van der Waals surface area contributed by atoms with Crippen molar-refractivity contribution in [2.75, 3.05) is 26.7 Å². The SMILES string of the molecule is CCOC(=O)N1CCc2c(c(C(N)=O)nn2-c2cc(C#C[C@](C)(O)CCN(C)C=O)ccn2)C1. The molecule has 0 bridgehead atoms. The standard InChI is InChI=1S/C23H28N6O5/c1-4-34-22(32)28-11-7-18-17(14-28)20(21(24)31)26-29(18)19-13-16(6-10-25-19)5-8-23(2,33)9-12-27(3)15-30/h6,10,13,15,33H,4,7,9,11-12,14H2,1-3H3,(H2,24,31)/t23-/m0/s1. The Hall–Kier alpha value is -3.91. The van der Waals surface area contributed by atoms with Crippen molar-refractivity contribution in [2.45, 2.75) is 38.8 Å². The summed E-state index contributed by atoms with van der Waals surface area (Å²) in [5, 5.41) is 14.9. The Bertz CT molecular complexity index is 1150. The molecule has 34 heavy (non-hydrogen) atoms. The number of ether oxygens (including phenoxy) is 1. The van der Waals surface area contributed by atoms with Gasteiger partial charge in [-0.3, -0.25) is 9.59 Å². The van der Waals surface area contributed by atoms with E-state index in [1.807, 2.05) is 0 Å². The predicted molar refractivity (Wildman–Crippen MR) is 122 cm³/mol. The number of hydrogen-bond donors (Lipinski definition) is 2. The highest BCUT2D eigenvalue weighted by Gasteiger charge is 2.30. The fraction of sp³-hybridized carbons (Fsp3) is 0.435. The van der Waals surface area contributed by atoms with Gasteiger partial charge in [-0.1, -0.05) is 11.8 Å². The van der Waals surface area contributed by atoms with Crippen LogP contribution in [0.25, 0.3) is 5.82 Å². The number of aliphatic hydroxyl groups is 1. The molecule has 11 nitrogen and oxygen atoms in total. The summed E-state index contributed by atoms with van der Waals surface area (Å²) >= 11 is 0. The highest BCUT2D eigenvalue weighted by atomic mass is 16.6. The number of pyridine rings is 1. The van der Waals surface area contributed by atoms with Gasteiger partial charge in [0, 0.05) is 50.3 Å². The van der Waals surface area contributed by atoms with Gasteiger partial charge in [0.25, 0.3) is 5.91 Å². The fourth-order valence-corrected chi connectivity index (χ4v) is 3.51. The third kappa shape index (κ3) is 5.71. The van der Waals surface area contributed by atoms with E-state index in [1.54, 1.807) is 43.9 Å². The molecule has 0 saturated carbocycles. The number of nitrogens with zero attached hydrogens (tertiary/aromatic N) is 5. The highest BCUT2D eigenvalue weighted by molar-refractivity contribution is 5.93. The van der Waals surface area contributed by atoms with Gasteiger partial charge < -0.3 is 25.4 Å².